The highest BCUT2D eigenvalue weighted by Gasteiger charge is 2.08. The summed E-state index contributed by atoms with van der Waals surface area (Å²) in [7, 11) is 2.13. The van der Waals surface area contributed by atoms with E-state index in [2.05, 4.69) is 53.0 Å². The van der Waals surface area contributed by atoms with Crippen LogP contribution < -0.4 is 5.32 Å². The predicted molar refractivity (Wildman–Crippen MR) is 90.9 cm³/mol. The molecule has 0 aromatic carbocycles. The molecule has 0 bridgehead atoms. The predicted octanol–water partition coefficient (Wildman–Crippen LogP) is 2.85. The van der Waals surface area contributed by atoms with Crippen LogP contribution in [0.15, 0.2) is 30.5 Å². The molecular weight excluding hydrogens is 274 g/mol. The van der Waals surface area contributed by atoms with Crippen LogP contribution in [0, 0.1) is 0 Å². The fourth-order valence-electron chi connectivity index (χ4n) is 2.00. The minimum Gasteiger partial charge on any atom is -0.369 e. The maximum Gasteiger partial charge on any atom is 0.180 e. The minimum atomic E-state index is 0.544. The summed E-state index contributed by atoms with van der Waals surface area (Å²) in [6.45, 7) is 8.32. The van der Waals surface area contributed by atoms with Gasteiger partial charge in [-0.25, -0.2) is 9.97 Å². The van der Waals surface area contributed by atoms with Crippen LogP contribution in [0.5, 0.6) is 0 Å². The van der Waals surface area contributed by atoms with Crippen LogP contribution in [-0.4, -0.2) is 46.0 Å². The summed E-state index contributed by atoms with van der Waals surface area (Å²) in [5, 5.41) is 3.39. The third-order valence-corrected chi connectivity index (χ3v) is 3.69. The van der Waals surface area contributed by atoms with E-state index in [4.69, 9.17) is 0 Å². The highest BCUT2D eigenvalue weighted by atomic mass is 15.1. The summed E-state index contributed by atoms with van der Waals surface area (Å²) in [5.74, 6) is 1.55. The molecule has 0 aliphatic heterocycles. The van der Waals surface area contributed by atoms with Gasteiger partial charge in [0.15, 0.2) is 5.82 Å². The maximum absolute atomic E-state index is 4.59. The molecule has 0 fully saturated rings. The smallest absolute Gasteiger partial charge is 0.180 e. The fourth-order valence-corrected chi connectivity index (χ4v) is 2.00. The molecule has 0 saturated heterocycles. The van der Waals surface area contributed by atoms with E-state index >= 15 is 0 Å². The van der Waals surface area contributed by atoms with Crippen LogP contribution >= 0.6 is 0 Å². The van der Waals surface area contributed by atoms with E-state index in [0.29, 0.717) is 11.9 Å². The first kappa shape index (κ1) is 16.4. The first-order valence-electron chi connectivity index (χ1n) is 7.83. The van der Waals surface area contributed by atoms with Crippen molar-refractivity contribution < 1.29 is 0 Å². The van der Waals surface area contributed by atoms with Crippen LogP contribution in [-0.2, 0) is 6.42 Å². The third kappa shape index (κ3) is 4.49. The van der Waals surface area contributed by atoms with Crippen molar-refractivity contribution in [1.29, 1.82) is 0 Å². The van der Waals surface area contributed by atoms with Gasteiger partial charge in [0.1, 0.15) is 11.5 Å². The van der Waals surface area contributed by atoms with Crippen molar-refractivity contribution >= 4 is 5.82 Å². The molecule has 0 spiro atoms. The zero-order valence-corrected chi connectivity index (χ0v) is 13.9. The Morgan fingerprint density at radius 2 is 2.05 bits per heavy atom. The molecule has 0 unspecified atom stereocenters. The second-order valence-electron chi connectivity index (χ2n) is 5.64. The standard InChI is InChI=1S/C17H25N5/c1-5-14-12-16(19-10-11-22(4)13(2)3)21-17(20-14)15-8-6-7-9-18-15/h6-9,12-13H,5,10-11H2,1-4H3,(H,19,20,21). The molecule has 0 saturated carbocycles. The van der Waals surface area contributed by atoms with Crippen molar-refractivity contribution in [1.82, 2.24) is 19.9 Å². The number of nitrogens with one attached hydrogen (secondary N) is 1. The first-order chi connectivity index (χ1) is 10.6. The molecule has 22 heavy (non-hydrogen) atoms. The number of anilines is 1. The van der Waals surface area contributed by atoms with Gasteiger partial charge in [0.2, 0.25) is 0 Å². The normalized spacial score (nSPS) is 11.2. The summed E-state index contributed by atoms with van der Waals surface area (Å²) in [5.41, 5.74) is 1.83. The Hall–Kier alpha value is -2.01. The van der Waals surface area contributed by atoms with Crippen molar-refractivity contribution in [2.24, 2.45) is 0 Å². The van der Waals surface area contributed by atoms with E-state index in [1.54, 1.807) is 6.20 Å². The average molecular weight is 299 g/mol. The van der Waals surface area contributed by atoms with Crippen molar-refractivity contribution in [2.75, 3.05) is 25.5 Å². The Bertz CT molecular complexity index is 583. The molecule has 0 aliphatic carbocycles. The lowest BCUT2D eigenvalue weighted by Gasteiger charge is -2.21. The SMILES string of the molecule is CCc1cc(NCCN(C)C(C)C)nc(-c2ccccn2)n1. The van der Waals surface area contributed by atoms with Gasteiger partial charge in [-0.2, -0.15) is 0 Å². The van der Waals surface area contributed by atoms with Crippen molar-refractivity contribution in [3.8, 4) is 11.5 Å². The van der Waals surface area contributed by atoms with Crippen molar-refractivity contribution in [3.05, 3.63) is 36.2 Å². The Balaban J connectivity index is 2.11. The van der Waals surface area contributed by atoms with Gasteiger partial charge in [-0.3, -0.25) is 4.98 Å². The molecule has 0 amide bonds. The number of aryl methyl sites for hydroxylation is 1. The Morgan fingerprint density at radius 3 is 2.68 bits per heavy atom. The number of hydrogen-bond acceptors (Lipinski definition) is 5. The summed E-state index contributed by atoms with van der Waals surface area (Å²) in [6.07, 6.45) is 2.64. The quantitative estimate of drug-likeness (QED) is 0.852. The van der Waals surface area contributed by atoms with Crippen LogP contribution in [0.25, 0.3) is 11.5 Å². The van der Waals surface area contributed by atoms with Crippen molar-refractivity contribution in [3.63, 3.8) is 0 Å². The van der Waals surface area contributed by atoms with Crippen molar-refractivity contribution in [2.45, 2.75) is 33.2 Å². The van der Waals surface area contributed by atoms with E-state index in [0.717, 1.165) is 36.7 Å². The Labute approximate surface area is 132 Å². The molecular formula is C17H25N5. The number of likely N-dealkylation sites (N-methyl/N-ethyl adjacent to an activating group) is 1. The topological polar surface area (TPSA) is 53.9 Å². The fraction of sp³-hybridized carbons (Fsp3) is 0.471. The molecule has 0 atom stereocenters. The third-order valence-electron chi connectivity index (χ3n) is 3.69. The number of aromatic nitrogens is 3. The second-order valence-corrected chi connectivity index (χ2v) is 5.64. The number of hydrogen-bond donors (Lipinski definition) is 1. The molecule has 2 heterocycles. The van der Waals surface area contributed by atoms with E-state index in [9.17, 15) is 0 Å². The molecule has 0 radical (unpaired) electrons. The van der Waals surface area contributed by atoms with Crippen LogP contribution in [0.1, 0.15) is 26.5 Å². The molecule has 118 valence electrons. The molecule has 1 N–H and O–H groups in total. The summed E-state index contributed by atoms with van der Waals surface area (Å²) < 4.78 is 0. The first-order valence-corrected chi connectivity index (χ1v) is 7.83. The van der Waals surface area contributed by atoms with Gasteiger partial charge >= 0.3 is 0 Å². The molecule has 2 rings (SSSR count). The van der Waals surface area contributed by atoms with Crippen LogP contribution in [0.4, 0.5) is 5.82 Å². The van der Waals surface area contributed by atoms with E-state index in [-0.39, 0.29) is 0 Å². The van der Waals surface area contributed by atoms with Gasteiger partial charge in [0, 0.05) is 37.1 Å². The lowest BCUT2D eigenvalue weighted by Crippen LogP contribution is -2.31. The summed E-state index contributed by atoms with van der Waals surface area (Å²) >= 11 is 0. The highest BCUT2D eigenvalue weighted by molar-refractivity contribution is 5.52. The Morgan fingerprint density at radius 1 is 1.23 bits per heavy atom. The van der Waals surface area contributed by atoms with E-state index < -0.39 is 0 Å². The molecule has 2 aromatic rings. The summed E-state index contributed by atoms with van der Waals surface area (Å²) in [4.78, 5) is 15.8. The highest BCUT2D eigenvalue weighted by Crippen LogP contribution is 2.16. The largest absolute Gasteiger partial charge is 0.369 e. The van der Waals surface area contributed by atoms with Gasteiger partial charge in [-0.05, 0) is 39.4 Å². The molecule has 5 heteroatoms. The summed E-state index contributed by atoms with van der Waals surface area (Å²) in [6, 6.07) is 8.35. The van der Waals surface area contributed by atoms with E-state index in [1.165, 1.54) is 0 Å². The monoisotopic (exact) mass is 299 g/mol. The van der Waals surface area contributed by atoms with Crippen LogP contribution in [0.3, 0.4) is 0 Å². The number of rotatable bonds is 7. The molecule has 2 aromatic heterocycles. The van der Waals surface area contributed by atoms with Gasteiger partial charge in [-0.1, -0.05) is 13.0 Å². The molecule has 5 nitrogen and oxygen atoms in total. The lowest BCUT2D eigenvalue weighted by atomic mass is 10.2. The van der Waals surface area contributed by atoms with Gasteiger partial charge in [0.05, 0.1) is 0 Å². The lowest BCUT2D eigenvalue weighted by molar-refractivity contribution is 0.284. The molecule has 0 aliphatic rings. The van der Waals surface area contributed by atoms with Gasteiger partial charge in [-0.15, -0.1) is 0 Å². The zero-order chi connectivity index (χ0) is 15.9. The van der Waals surface area contributed by atoms with Gasteiger partial charge < -0.3 is 10.2 Å². The second kappa shape index (κ2) is 7.84. The average Bonchev–Trinajstić information content (AvgIpc) is 2.55. The minimum absolute atomic E-state index is 0.544. The van der Waals surface area contributed by atoms with Crippen LogP contribution in [0.2, 0.25) is 0 Å². The Kier molecular flexibility index (Phi) is 5.83. The maximum atomic E-state index is 4.59. The van der Waals surface area contributed by atoms with Gasteiger partial charge in [0.25, 0.3) is 0 Å². The zero-order valence-electron chi connectivity index (χ0n) is 13.9. The van der Waals surface area contributed by atoms with E-state index in [1.807, 2.05) is 24.3 Å². The number of nitrogens with zero attached hydrogens (tertiary/aromatic N) is 4. The number of pyridine rings is 1.